The second-order valence-corrected chi connectivity index (χ2v) is 7.81. The van der Waals surface area contributed by atoms with E-state index in [1.54, 1.807) is 27.7 Å². The quantitative estimate of drug-likeness (QED) is 0.742. The van der Waals surface area contributed by atoms with Crippen molar-refractivity contribution in [2.24, 2.45) is 5.92 Å². The molecule has 7 heteroatoms. The first-order valence-corrected chi connectivity index (χ1v) is 9.99. The predicted molar refractivity (Wildman–Crippen MR) is 101 cm³/mol. The van der Waals surface area contributed by atoms with Gasteiger partial charge in [0.05, 0.1) is 12.2 Å². The number of carbonyl (C=O) groups excluding carboxylic acids is 3. The molecule has 0 saturated heterocycles. The van der Waals surface area contributed by atoms with Gasteiger partial charge in [0.2, 0.25) is 5.91 Å². The summed E-state index contributed by atoms with van der Waals surface area (Å²) in [6.07, 6.45) is 4.97. The second kappa shape index (κ2) is 9.16. The van der Waals surface area contributed by atoms with Gasteiger partial charge in [-0.1, -0.05) is 20.3 Å². The Morgan fingerprint density at radius 2 is 1.81 bits per heavy atom. The first kappa shape index (κ1) is 20.4. The fourth-order valence-electron chi connectivity index (χ4n) is 2.89. The van der Waals surface area contributed by atoms with Crippen molar-refractivity contribution in [1.82, 2.24) is 0 Å². The Balaban J connectivity index is 2.29. The minimum absolute atomic E-state index is 0.0718. The van der Waals surface area contributed by atoms with E-state index in [0.717, 1.165) is 37.0 Å². The molecule has 0 unspecified atom stereocenters. The molecule has 1 aromatic rings. The van der Waals surface area contributed by atoms with E-state index >= 15 is 0 Å². The standard InChI is InChI=1S/C19H27NO5S/c1-5-24-18(22)14-12(4)15(26-17(14)20-16(21)11(2)3)19(23)25-13-9-7-6-8-10-13/h11,13H,5-10H2,1-4H3,(H,20,21). The molecule has 26 heavy (non-hydrogen) atoms. The lowest BCUT2D eigenvalue weighted by atomic mass is 9.98. The summed E-state index contributed by atoms with van der Waals surface area (Å²) in [7, 11) is 0. The largest absolute Gasteiger partial charge is 0.462 e. The maximum Gasteiger partial charge on any atom is 0.348 e. The Labute approximate surface area is 158 Å². The number of anilines is 1. The van der Waals surface area contributed by atoms with Crippen LogP contribution in [-0.4, -0.2) is 30.6 Å². The molecule has 6 nitrogen and oxygen atoms in total. The van der Waals surface area contributed by atoms with Crippen molar-refractivity contribution < 1.29 is 23.9 Å². The molecule has 1 aliphatic carbocycles. The number of carbonyl (C=O) groups is 3. The number of amides is 1. The van der Waals surface area contributed by atoms with Crippen molar-refractivity contribution in [2.45, 2.75) is 65.9 Å². The summed E-state index contributed by atoms with van der Waals surface area (Å²) in [5.74, 6) is -1.44. The summed E-state index contributed by atoms with van der Waals surface area (Å²) in [6.45, 7) is 7.14. The average molecular weight is 381 g/mol. The lowest BCUT2D eigenvalue weighted by Gasteiger charge is -2.21. The number of hydrogen-bond donors (Lipinski definition) is 1. The monoisotopic (exact) mass is 381 g/mol. The zero-order valence-corrected chi connectivity index (χ0v) is 16.7. The molecule has 0 aliphatic heterocycles. The van der Waals surface area contributed by atoms with Crippen molar-refractivity contribution in [3.63, 3.8) is 0 Å². The third kappa shape index (κ3) is 4.84. The summed E-state index contributed by atoms with van der Waals surface area (Å²) in [4.78, 5) is 37.4. The van der Waals surface area contributed by atoms with Crippen LogP contribution in [0.4, 0.5) is 5.00 Å². The predicted octanol–water partition coefficient (Wildman–Crippen LogP) is 4.32. The highest BCUT2D eigenvalue weighted by Crippen LogP contribution is 2.35. The van der Waals surface area contributed by atoms with Crippen LogP contribution in [0.1, 0.15) is 78.5 Å². The summed E-state index contributed by atoms with van der Waals surface area (Å²) < 4.78 is 10.7. The highest BCUT2D eigenvalue weighted by atomic mass is 32.1. The SMILES string of the molecule is CCOC(=O)c1c(NC(=O)C(C)C)sc(C(=O)OC2CCCCC2)c1C. The number of nitrogens with one attached hydrogen (secondary N) is 1. The van der Waals surface area contributed by atoms with Crippen LogP contribution in [0.3, 0.4) is 0 Å². The zero-order valence-electron chi connectivity index (χ0n) is 15.8. The Hall–Kier alpha value is -1.89. The molecule has 1 N–H and O–H groups in total. The fraction of sp³-hybridized carbons (Fsp3) is 0.632. The number of ether oxygens (including phenoxy) is 2. The van der Waals surface area contributed by atoms with Crippen LogP contribution in [0.5, 0.6) is 0 Å². The lowest BCUT2D eigenvalue weighted by Crippen LogP contribution is -2.21. The highest BCUT2D eigenvalue weighted by Gasteiger charge is 2.29. The zero-order chi connectivity index (χ0) is 19.3. The van der Waals surface area contributed by atoms with Gasteiger partial charge in [-0.2, -0.15) is 0 Å². The molecule has 0 bridgehead atoms. The van der Waals surface area contributed by atoms with Gasteiger partial charge in [-0.25, -0.2) is 9.59 Å². The van der Waals surface area contributed by atoms with Crippen molar-refractivity contribution in [2.75, 3.05) is 11.9 Å². The first-order chi connectivity index (χ1) is 12.3. The van der Waals surface area contributed by atoms with Gasteiger partial charge in [-0.15, -0.1) is 11.3 Å². The molecular formula is C19H27NO5S. The van der Waals surface area contributed by atoms with Gasteiger partial charge in [0.1, 0.15) is 16.0 Å². The van der Waals surface area contributed by atoms with E-state index in [-0.39, 0.29) is 30.1 Å². The van der Waals surface area contributed by atoms with E-state index in [4.69, 9.17) is 9.47 Å². The molecule has 1 heterocycles. The number of thiophene rings is 1. The molecule has 1 saturated carbocycles. The Morgan fingerprint density at radius 3 is 2.38 bits per heavy atom. The van der Waals surface area contributed by atoms with Crippen molar-refractivity contribution in [3.8, 4) is 0 Å². The third-order valence-corrected chi connectivity index (χ3v) is 5.59. The highest BCUT2D eigenvalue weighted by molar-refractivity contribution is 7.18. The van der Waals surface area contributed by atoms with Crippen LogP contribution in [0, 0.1) is 12.8 Å². The second-order valence-electron chi connectivity index (χ2n) is 6.79. The van der Waals surface area contributed by atoms with Crippen LogP contribution >= 0.6 is 11.3 Å². The van der Waals surface area contributed by atoms with Gasteiger partial charge in [-0.05, 0) is 45.1 Å². The molecule has 0 atom stereocenters. The summed E-state index contributed by atoms with van der Waals surface area (Å²) >= 11 is 1.08. The van der Waals surface area contributed by atoms with Gasteiger partial charge in [-0.3, -0.25) is 4.79 Å². The van der Waals surface area contributed by atoms with E-state index in [9.17, 15) is 14.4 Å². The number of hydrogen-bond acceptors (Lipinski definition) is 6. The molecule has 1 aliphatic rings. The molecule has 0 aromatic carbocycles. The van der Waals surface area contributed by atoms with Gasteiger partial charge in [0.25, 0.3) is 0 Å². The molecule has 0 radical (unpaired) electrons. The van der Waals surface area contributed by atoms with Crippen molar-refractivity contribution >= 4 is 34.2 Å². The fourth-order valence-corrected chi connectivity index (χ4v) is 3.97. The van der Waals surface area contributed by atoms with Crippen LogP contribution in [0.2, 0.25) is 0 Å². The van der Waals surface area contributed by atoms with Crippen LogP contribution < -0.4 is 5.32 Å². The first-order valence-electron chi connectivity index (χ1n) is 9.17. The molecule has 0 spiro atoms. The topological polar surface area (TPSA) is 81.7 Å². The molecule has 2 rings (SSSR count). The van der Waals surface area contributed by atoms with Crippen molar-refractivity contribution in [3.05, 3.63) is 16.0 Å². The lowest BCUT2D eigenvalue weighted by molar-refractivity contribution is -0.118. The molecule has 144 valence electrons. The molecule has 1 aromatic heterocycles. The minimum Gasteiger partial charge on any atom is -0.462 e. The van der Waals surface area contributed by atoms with Crippen LogP contribution in [-0.2, 0) is 14.3 Å². The minimum atomic E-state index is -0.544. The van der Waals surface area contributed by atoms with E-state index in [1.165, 1.54) is 6.42 Å². The molecule has 1 fully saturated rings. The van der Waals surface area contributed by atoms with E-state index in [2.05, 4.69) is 5.32 Å². The van der Waals surface area contributed by atoms with Gasteiger partial charge in [0, 0.05) is 5.92 Å². The smallest absolute Gasteiger partial charge is 0.348 e. The summed E-state index contributed by atoms with van der Waals surface area (Å²) in [5.41, 5.74) is 0.731. The van der Waals surface area contributed by atoms with E-state index < -0.39 is 11.9 Å². The summed E-state index contributed by atoms with van der Waals surface area (Å²) in [6, 6.07) is 0. The Morgan fingerprint density at radius 1 is 1.15 bits per heavy atom. The molecular weight excluding hydrogens is 354 g/mol. The van der Waals surface area contributed by atoms with Gasteiger partial charge < -0.3 is 14.8 Å². The number of rotatable bonds is 6. The van der Waals surface area contributed by atoms with Gasteiger partial charge >= 0.3 is 11.9 Å². The van der Waals surface area contributed by atoms with Crippen molar-refractivity contribution in [1.29, 1.82) is 0 Å². The number of esters is 2. The molecule has 1 amide bonds. The van der Waals surface area contributed by atoms with E-state index in [0.29, 0.717) is 15.4 Å². The maximum atomic E-state index is 12.6. The third-order valence-electron chi connectivity index (χ3n) is 4.40. The van der Waals surface area contributed by atoms with E-state index in [1.807, 2.05) is 0 Å². The summed E-state index contributed by atoms with van der Waals surface area (Å²) in [5, 5.41) is 3.08. The Kier molecular flexibility index (Phi) is 7.20. The maximum absolute atomic E-state index is 12.6. The Bertz CT molecular complexity index is 674. The van der Waals surface area contributed by atoms with Gasteiger partial charge in [0.15, 0.2) is 0 Å². The van der Waals surface area contributed by atoms with Crippen LogP contribution in [0.25, 0.3) is 0 Å². The average Bonchev–Trinajstić information content (AvgIpc) is 2.92. The normalized spacial score (nSPS) is 15.0. The van der Waals surface area contributed by atoms with Crippen LogP contribution in [0.15, 0.2) is 0 Å².